The van der Waals surface area contributed by atoms with Crippen molar-refractivity contribution in [1.82, 2.24) is 10.7 Å². The molecule has 0 amide bonds. The first kappa shape index (κ1) is 14.9. The summed E-state index contributed by atoms with van der Waals surface area (Å²) in [6.07, 6.45) is 3.85. The van der Waals surface area contributed by atoms with Gasteiger partial charge in [-0.05, 0) is 26.3 Å². The Hall–Kier alpha value is -0.100. The highest BCUT2D eigenvalue weighted by atomic mass is 33.1. The van der Waals surface area contributed by atoms with E-state index in [0.29, 0.717) is 5.37 Å². The molecule has 0 rings (SSSR count). The molecule has 4 N–H and O–H groups in total. The Labute approximate surface area is 101 Å². The van der Waals surface area contributed by atoms with Crippen LogP contribution < -0.4 is 16.6 Å². The molecule has 5 heteroatoms. The van der Waals surface area contributed by atoms with E-state index in [1.54, 1.807) is 0 Å². The van der Waals surface area contributed by atoms with Crippen LogP contribution in [0.25, 0.3) is 0 Å². The van der Waals surface area contributed by atoms with Crippen LogP contribution in [0.3, 0.4) is 0 Å². The fourth-order valence-corrected chi connectivity index (χ4v) is 2.98. The Balaban J connectivity index is 3.26. The summed E-state index contributed by atoms with van der Waals surface area (Å²) < 4.78 is 0. The van der Waals surface area contributed by atoms with E-state index in [1.807, 2.05) is 27.7 Å². The first-order valence-electron chi connectivity index (χ1n) is 4.97. The highest BCUT2D eigenvalue weighted by Crippen LogP contribution is 2.26. The van der Waals surface area contributed by atoms with Gasteiger partial charge in [-0.15, -0.1) is 6.58 Å². The van der Waals surface area contributed by atoms with Gasteiger partial charge in [-0.25, -0.2) is 0 Å². The van der Waals surface area contributed by atoms with Gasteiger partial charge in [0.2, 0.25) is 0 Å². The third-order valence-electron chi connectivity index (χ3n) is 1.68. The Kier molecular flexibility index (Phi) is 10.3. The van der Waals surface area contributed by atoms with Gasteiger partial charge < -0.3 is 10.7 Å². The molecule has 0 aliphatic heterocycles. The maximum atomic E-state index is 5.21. The summed E-state index contributed by atoms with van der Waals surface area (Å²) in [5.74, 6) is 6.24. The van der Waals surface area contributed by atoms with E-state index in [9.17, 15) is 0 Å². The molecule has 0 aromatic rings. The van der Waals surface area contributed by atoms with Crippen LogP contribution in [0.1, 0.15) is 19.8 Å². The summed E-state index contributed by atoms with van der Waals surface area (Å²) in [7, 11) is 3.68. The number of nitrogens with one attached hydrogen (secondary N) is 2. The van der Waals surface area contributed by atoms with Crippen molar-refractivity contribution in [2.75, 3.05) is 12.3 Å². The fraction of sp³-hybridized carbons (Fsp3) is 0.600. The molecule has 0 radical (unpaired) electrons. The summed E-state index contributed by atoms with van der Waals surface area (Å²) in [5.41, 5.74) is 3.44. The van der Waals surface area contributed by atoms with E-state index in [-0.39, 0.29) is 0 Å². The van der Waals surface area contributed by atoms with Crippen LogP contribution in [0.2, 0.25) is 0 Å². The lowest BCUT2D eigenvalue weighted by Crippen LogP contribution is -2.23. The Morgan fingerprint density at radius 2 is 2.33 bits per heavy atom. The molecule has 0 aliphatic carbocycles. The monoisotopic (exact) mass is 247 g/mol. The fourth-order valence-electron chi connectivity index (χ4n) is 0.810. The van der Waals surface area contributed by atoms with Crippen LogP contribution in [-0.4, -0.2) is 17.7 Å². The molecule has 0 aliphatic rings. The van der Waals surface area contributed by atoms with Gasteiger partial charge in [-0.1, -0.05) is 34.2 Å². The largest absolute Gasteiger partial charge is 0.329 e. The molecule has 88 valence electrons. The van der Waals surface area contributed by atoms with Crippen molar-refractivity contribution in [2.24, 2.45) is 5.84 Å². The normalized spacial score (nSPS) is 12.1. The van der Waals surface area contributed by atoms with Crippen LogP contribution in [0.15, 0.2) is 24.9 Å². The molecular formula is C10H21N3S2. The van der Waals surface area contributed by atoms with Crippen LogP contribution in [0, 0.1) is 0 Å². The lowest BCUT2D eigenvalue weighted by molar-refractivity contribution is 0.693. The van der Waals surface area contributed by atoms with E-state index >= 15 is 0 Å². The minimum Gasteiger partial charge on any atom is -0.329 e. The Morgan fingerprint density at radius 3 is 2.93 bits per heavy atom. The lowest BCUT2D eigenvalue weighted by Gasteiger charge is -2.11. The van der Waals surface area contributed by atoms with Gasteiger partial charge >= 0.3 is 0 Å². The number of hydrogen-bond donors (Lipinski definition) is 3. The van der Waals surface area contributed by atoms with Crippen molar-refractivity contribution in [1.29, 1.82) is 0 Å². The first-order chi connectivity index (χ1) is 7.20. The van der Waals surface area contributed by atoms with E-state index in [1.165, 1.54) is 0 Å². The van der Waals surface area contributed by atoms with Gasteiger partial charge in [0.15, 0.2) is 0 Å². The highest BCUT2D eigenvalue weighted by Gasteiger charge is 2.01. The molecule has 0 bridgehead atoms. The predicted octanol–water partition coefficient (Wildman–Crippen LogP) is 2.25. The van der Waals surface area contributed by atoms with Crippen molar-refractivity contribution in [2.45, 2.75) is 25.1 Å². The van der Waals surface area contributed by atoms with Crippen LogP contribution in [0.5, 0.6) is 0 Å². The molecule has 0 aromatic heterocycles. The minimum atomic E-state index is 0.467. The number of rotatable bonds is 10. The van der Waals surface area contributed by atoms with Crippen molar-refractivity contribution < 1.29 is 0 Å². The molecule has 1 atom stereocenters. The van der Waals surface area contributed by atoms with Crippen molar-refractivity contribution >= 4 is 21.6 Å². The zero-order valence-corrected chi connectivity index (χ0v) is 10.9. The van der Waals surface area contributed by atoms with Gasteiger partial charge in [0.1, 0.15) is 0 Å². The van der Waals surface area contributed by atoms with Gasteiger partial charge in [0.25, 0.3) is 0 Å². The number of hydrogen-bond acceptors (Lipinski definition) is 5. The van der Waals surface area contributed by atoms with Crippen molar-refractivity contribution in [3.63, 3.8) is 0 Å². The number of nitrogens with two attached hydrogens (primary N) is 1. The molecule has 15 heavy (non-hydrogen) atoms. The second kappa shape index (κ2) is 10.4. The van der Waals surface area contributed by atoms with Gasteiger partial charge in [-0.2, -0.15) is 0 Å². The predicted molar refractivity (Wildman–Crippen MR) is 73.4 cm³/mol. The minimum absolute atomic E-state index is 0.467. The zero-order chi connectivity index (χ0) is 11.5. The molecule has 0 saturated heterocycles. The van der Waals surface area contributed by atoms with E-state index < -0.39 is 0 Å². The Morgan fingerprint density at radius 1 is 1.60 bits per heavy atom. The number of hydrazine groups is 1. The quantitative estimate of drug-likeness (QED) is 0.138. The maximum Gasteiger partial charge on any atom is 0.0608 e. The molecule has 0 fully saturated rings. The van der Waals surface area contributed by atoms with Crippen LogP contribution in [-0.2, 0) is 0 Å². The number of allylic oxidation sites excluding steroid dienone is 1. The molecule has 1 unspecified atom stereocenters. The smallest absolute Gasteiger partial charge is 0.0608 e. The summed E-state index contributed by atoms with van der Waals surface area (Å²) in [6.45, 7) is 10.6. The SMILES string of the molecule is C=CCCNC(C)SSCCC(=C)NN. The van der Waals surface area contributed by atoms with E-state index in [2.05, 4.69) is 30.8 Å². The molecule has 0 spiro atoms. The average Bonchev–Trinajstić information content (AvgIpc) is 2.24. The summed E-state index contributed by atoms with van der Waals surface area (Å²) >= 11 is 0. The zero-order valence-electron chi connectivity index (χ0n) is 9.29. The molecule has 0 saturated carbocycles. The summed E-state index contributed by atoms with van der Waals surface area (Å²) in [6, 6.07) is 0. The molecule has 0 heterocycles. The third-order valence-corrected chi connectivity index (χ3v) is 4.42. The molecular weight excluding hydrogens is 226 g/mol. The van der Waals surface area contributed by atoms with Crippen LogP contribution in [0.4, 0.5) is 0 Å². The average molecular weight is 247 g/mol. The topological polar surface area (TPSA) is 50.1 Å². The summed E-state index contributed by atoms with van der Waals surface area (Å²) in [5, 5.41) is 3.86. The third kappa shape index (κ3) is 10.2. The van der Waals surface area contributed by atoms with Crippen molar-refractivity contribution in [3.8, 4) is 0 Å². The van der Waals surface area contributed by atoms with E-state index in [4.69, 9.17) is 5.84 Å². The lowest BCUT2D eigenvalue weighted by atomic mass is 10.4. The molecule has 3 nitrogen and oxygen atoms in total. The van der Waals surface area contributed by atoms with Gasteiger partial charge in [-0.3, -0.25) is 5.84 Å². The second-order valence-electron chi connectivity index (χ2n) is 3.09. The van der Waals surface area contributed by atoms with E-state index in [0.717, 1.165) is 30.8 Å². The van der Waals surface area contributed by atoms with Crippen LogP contribution >= 0.6 is 21.6 Å². The first-order valence-corrected chi connectivity index (χ1v) is 7.35. The maximum absolute atomic E-state index is 5.21. The van der Waals surface area contributed by atoms with Gasteiger partial charge in [0, 0.05) is 11.4 Å². The van der Waals surface area contributed by atoms with Crippen molar-refractivity contribution in [3.05, 3.63) is 24.9 Å². The van der Waals surface area contributed by atoms with Gasteiger partial charge in [0.05, 0.1) is 5.37 Å². The second-order valence-corrected chi connectivity index (χ2v) is 5.92. The molecule has 0 aromatic carbocycles. The standard InChI is InChI=1S/C10H21N3S2/c1-4-5-7-12-10(3)15-14-8-6-9(2)13-11/h4,10,12-13H,1-2,5-8,11H2,3H3. The Bertz CT molecular complexity index is 186. The highest BCUT2D eigenvalue weighted by molar-refractivity contribution is 8.76. The summed E-state index contributed by atoms with van der Waals surface area (Å²) in [4.78, 5) is 0.